The van der Waals surface area contributed by atoms with Gasteiger partial charge in [-0.05, 0) is 19.1 Å². The van der Waals surface area contributed by atoms with Gasteiger partial charge in [0.05, 0.1) is 28.0 Å². The number of imidazole rings is 1. The Morgan fingerprint density at radius 2 is 2.10 bits per heavy atom. The zero-order valence-electron chi connectivity index (χ0n) is 11.1. The van der Waals surface area contributed by atoms with Crippen molar-refractivity contribution in [3.8, 4) is 0 Å². The molecule has 0 radical (unpaired) electrons. The van der Waals surface area contributed by atoms with Crippen molar-refractivity contribution >= 4 is 34.2 Å². The Hall–Kier alpha value is -0.980. The highest BCUT2D eigenvalue weighted by molar-refractivity contribution is 6.35. The number of alkyl halides is 4. The second kappa shape index (κ2) is 6.42. The predicted molar refractivity (Wildman–Crippen MR) is 75.9 cm³/mol. The molecule has 0 aliphatic heterocycles. The van der Waals surface area contributed by atoms with Gasteiger partial charge < -0.3 is 9.30 Å². The van der Waals surface area contributed by atoms with E-state index in [1.54, 1.807) is 29.7 Å². The molecule has 3 nitrogen and oxygen atoms in total. The van der Waals surface area contributed by atoms with Crippen molar-refractivity contribution < 1.29 is 17.9 Å². The third-order valence-corrected chi connectivity index (χ3v) is 3.33. The summed E-state index contributed by atoms with van der Waals surface area (Å²) in [6, 6.07) is 5.23. The third kappa shape index (κ3) is 4.02. The highest BCUT2D eigenvalue weighted by Gasteiger charge is 2.27. The van der Waals surface area contributed by atoms with Gasteiger partial charge in [0.25, 0.3) is 0 Å². The summed E-state index contributed by atoms with van der Waals surface area (Å²) in [5.41, 5.74) is 1.30. The molecule has 0 spiro atoms. The fourth-order valence-corrected chi connectivity index (χ4v) is 2.47. The average molecular weight is 341 g/mol. The first-order valence-corrected chi connectivity index (χ1v) is 7.04. The highest BCUT2D eigenvalue weighted by Crippen LogP contribution is 2.29. The van der Waals surface area contributed by atoms with E-state index in [1.165, 1.54) is 0 Å². The lowest BCUT2D eigenvalue weighted by Crippen LogP contribution is -2.19. The Kier molecular flexibility index (Phi) is 5.01. The quantitative estimate of drug-likeness (QED) is 0.588. The summed E-state index contributed by atoms with van der Waals surface area (Å²) in [6.07, 6.45) is -4.34. The second-order valence-electron chi connectivity index (χ2n) is 4.51. The zero-order chi connectivity index (χ0) is 15.6. The summed E-state index contributed by atoms with van der Waals surface area (Å²) >= 11 is 12.2. The molecule has 116 valence electrons. The van der Waals surface area contributed by atoms with E-state index in [0.29, 0.717) is 21.9 Å². The Morgan fingerprint density at radius 3 is 2.71 bits per heavy atom. The molecule has 1 unspecified atom stereocenters. The van der Waals surface area contributed by atoms with Crippen molar-refractivity contribution in [2.75, 3.05) is 13.2 Å². The number of nitrogens with zero attached hydrogens (tertiary/aromatic N) is 2. The number of hydrogen-bond acceptors (Lipinski definition) is 2. The maximum absolute atomic E-state index is 12.1. The first-order valence-electron chi connectivity index (χ1n) is 6.23. The van der Waals surface area contributed by atoms with Crippen LogP contribution in [0, 0.1) is 0 Å². The molecule has 2 aromatic rings. The van der Waals surface area contributed by atoms with Crippen LogP contribution in [0.25, 0.3) is 11.0 Å². The smallest absolute Gasteiger partial charge is 0.370 e. The third-order valence-electron chi connectivity index (χ3n) is 2.83. The molecular formula is C13H13Cl2F3N2O. The van der Waals surface area contributed by atoms with E-state index in [0.717, 1.165) is 0 Å². The van der Waals surface area contributed by atoms with E-state index in [-0.39, 0.29) is 13.2 Å². The molecule has 1 atom stereocenters. The standard InChI is InChI=1S/C13H13Cl2F3N2O/c1-8(14)12-19-10-4-2-3-9(15)11(10)20(12)5-6-21-7-13(16,17)18/h2-4,8H,5-7H2,1H3. The maximum Gasteiger partial charge on any atom is 0.411 e. The molecule has 8 heteroatoms. The summed E-state index contributed by atoms with van der Waals surface area (Å²) in [4.78, 5) is 4.37. The van der Waals surface area contributed by atoms with Gasteiger partial charge in [-0.3, -0.25) is 0 Å². The van der Waals surface area contributed by atoms with Gasteiger partial charge in [0.1, 0.15) is 12.4 Å². The summed E-state index contributed by atoms with van der Waals surface area (Å²) in [7, 11) is 0. The molecule has 1 aromatic heterocycles. The van der Waals surface area contributed by atoms with Crippen molar-refractivity contribution in [3.05, 3.63) is 29.0 Å². The molecule has 0 fully saturated rings. The summed E-state index contributed by atoms with van der Waals surface area (Å²) in [5.74, 6) is 0.551. The van der Waals surface area contributed by atoms with Crippen LogP contribution in [0.4, 0.5) is 13.2 Å². The monoisotopic (exact) mass is 340 g/mol. The van der Waals surface area contributed by atoms with Gasteiger partial charge in [0.2, 0.25) is 0 Å². The maximum atomic E-state index is 12.1. The van der Waals surface area contributed by atoms with E-state index >= 15 is 0 Å². The van der Waals surface area contributed by atoms with Crippen LogP contribution in [-0.4, -0.2) is 28.9 Å². The molecule has 0 saturated heterocycles. The van der Waals surface area contributed by atoms with E-state index in [1.807, 2.05) is 0 Å². The topological polar surface area (TPSA) is 27.1 Å². The highest BCUT2D eigenvalue weighted by atomic mass is 35.5. The number of aromatic nitrogens is 2. The Labute approximate surface area is 129 Å². The van der Waals surface area contributed by atoms with Crippen LogP contribution in [0.1, 0.15) is 18.1 Å². The number of halogens is 5. The van der Waals surface area contributed by atoms with Crippen molar-refractivity contribution in [2.24, 2.45) is 0 Å². The van der Waals surface area contributed by atoms with Gasteiger partial charge in [0, 0.05) is 6.54 Å². The number of ether oxygens (including phenoxy) is 1. The average Bonchev–Trinajstić information content (AvgIpc) is 2.74. The number of fused-ring (bicyclic) bond motifs is 1. The minimum absolute atomic E-state index is 0.104. The molecule has 0 N–H and O–H groups in total. The molecule has 1 heterocycles. The second-order valence-corrected chi connectivity index (χ2v) is 5.57. The fourth-order valence-electron chi connectivity index (χ4n) is 2.03. The first-order chi connectivity index (χ1) is 9.79. The van der Waals surface area contributed by atoms with Crippen molar-refractivity contribution in [3.63, 3.8) is 0 Å². The Morgan fingerprint density at radius 1 is 1.38 bits per heavy atom. The van der Waals surface area contributed by atoms with Crippen molar-refractivity contribution in [1.29, 1.82) is 0 Å². The number of rotatable bonds is 5. The summed E-state index contributed by atoms with van der Waals surface area (Å²) < 4.78 is 42.5. The molecule has 0 aliphatic rings. The van der Waals surface area contributed by atoms with E-state index in [4.69, 9.17) is 23.2 Å². The SMILES string of the molecule is CC(Cl)c1nc2cccc(Cl)c2n1CCOCC(F)(F)F. The molecule has 21 heavy (non-hydrogen) atoms. The van der Waals surface area contributed by atoms with Gasteiger partial charge >= 0.3 is 6.18 Å². The fraction of sp³-hybridized carbons (Fsp3) is 0.462. The van der Waals surface area contributed by atoms with Crippen LogP contribution >= 0.6 is 23.2 Å². The lowest BCUT2D eigenvalue weighted by Gasteiger charge is -2.12. The molecule has 0 bridgehead atoms. The largest absolute Gasteiger partial charge is 0.411 e. The minimum Gasteiger partial charge on any atom is -0.370 e. The molecule has 0 aliphatic carbocycles. The molecule has 0 saturated carbocycles. The van der Waals surface area contributed by atoms with Crippen LogP contribution in [0.15, 0.2) is 18.2 Å². The van der Waals surface area contributed by atoms with Crippen LogP contribution in [0.5, 0.6) is 0 Å². The Balaban J connectivity index is 2.22. The number of benzene rings is 1. The molecule has 1 aromatic carbocycles. The van der Waals surface area contributed by atoms with Crippen LogP contribution in [0.2, 0.25) is 5.02 Å². The van der Waals surface area contributed by atoms with Gasteiger partial charge in [-0.15, -0.1) is 11.6 Å². The molecule has 0 amide bonds. The lowest BCUT2D eigenvalue weighted by atomic mass is 10.3. The zero-order valence-corrected chi connectivity index (χ0v) is 12.6. The summed E-state index contributed by atoms with van der Waals surface area (Å²) in [5, 5.41) is 0.0791. The lowest BCUT2D eigenvalue weighted by molar-refractivity contribution is -0.174. The first kappa shape index (κ1) is 16.4. The Bertz CT molecular complexity index is 626. The summed E-state index contributed by atoms with van der Waals surface area (Å²) in [6.45, 7) is 0.554. The van der Waals surface area contributed by atoms with E-state index in [9.17, 15) is 13.2 Å². The van der Waals surface area contributed by atoms with Crippen LogP contribution in [0.3, 0.4) is 0 Å². The normalized spacial score (nSPS) is 13.8. The van der Waals surface area contributed by atoms with Gasteiger partial charge in [0.15, 0.2) is 0 Å². The van der Waals surface area contributed by atoms with Gasteiger partial charge in [-0.2, -0.15) is 13.2 Å². The predicted octanol–water partition coefficient (Wildman–Crippen LogP) is 4.57. The van der Waals surface area contributed by atoms with E-state index < -0.39 is 18.2 Å². The molecular weight excluding hydrogens is 328 g/mol. The van der Waals surface area contributed by atoms with Gasteiger partial charge in [-0.25, -0.2) is 4.98 Å². The minimum atomic E-state index is -4.34. The van der Waals surface area contributed by atoms with Crippen molar-refractivity contribution in [1.82, 2.24) is 9.55 Å². The number of hydrogen-bond donors (Lipinski definition) is 0. The van der Waals surface area contributed by atoms with Crippen LogP contribution < -0.4 is 0 Å². The number of para-hydroxylation sites is 1. The van der Waals surface area contributed by atoms with Crippen molar-refractivity contribution in [2.45, 2.75) is 25.0 Å². The van der Waals surface area contributed by atoms with Crippen LogP contribution in [-0.2, 0) is 11.3 Å². The van der Waals surface area contributed by atoms with E-state index in [2.05, 4.69) is 9.72 Å². The molecule has 2 rings (SSSR count). The van der Waals surface area contributed by atoms with Gasteiger partial charge in [-0.1, -0.05) is 17.7 Å².